The van der Waals surface area contributed by atoms with E-state index in [-0.39, 0.29) is 36.3 Å². The van der Waals surface area contributed by atoms with Gasteiger partial charge in [0.1, 0.15) is 5.66 Å². The second-order valence-electron chi connectivity index (χ2n) is 10.1. The number of fused-ring (bicyclic) bond motifs is 2. The number of hydrogen-bond acceptors (Lipinski definition) is 6. The van der Waals surface area contributed by atoms with E-state index in [1.54, 1.807) is 36.9 Å². The van der Waals surface area contributed by atoms with Crippen molar-refractivity contribution in [3.05, 3.63) is 95.6 Å². The van der Waals surface area contributed by atoms with E-state index in [9.17, 15) is 14.2 Å². The Labute approximate surface area is 234 Å². The van der Waals surface area contributed by atoms with Crippen molar-refractivity contribution >= 4 is 40.8 Å². The van der Waals surface area contributed by atoms with Crippen LogP contribution in [-0.4, -0.2) is 48.9 Å². The molecule has 5 rings (SSSR count). The van der Waals surface area contributed by atoms with Crippen molar-refractivity contribution in [2.45, 2.75) is 38.4 Å². The zero-order valence-electron chi connectivity index (χ0n) is 22.9. The molecule has 1 fully saturated rings. The maximum atomic E-state index is 14.8. The van der Waals surface area contributed by atoms with E-state index in [0.717, 1.165) is 21.5 Å². The number of benzene rings is 4. The van der Waals surface area contributed by atoms with Gasteiger partial charge >= 0.3 is 7.60 Å². The number of likely N-dealkylation sites (tertiary alicyclic amines) is 1. The molecule has 1 aliphatic heterocycles. The molecule has 4 aromatic rings. The minimum Gasteiger partial charge on any atom is -0.339 e. The summed E-state index contributed by atoms with van der Waals surface area (Å²) in [6.45, 7) is 4.69. The van der Waals surface area contributed by atoms with Crippen LogP contribution in [-0.2, 0) is 13.6 Å². The highest BCUT2D eigenvalue weighted by molar-refractivity contribution is 7.55. The van der Waals surface area contributed by atoms with Gasteiger partial charge in [-0.3, -0.25) is 14.2 Å². The van der Waals surface area contributed by atoms with Crippen molar-refractivity contribution in [2.24, 2.45) is 5.73 Å². The lowest BCUT2D eigenvalue weighted by Crippen LogP contribution is -2.43. The quantitative estimate of drug-likeness (QED) is 0.180. The number of hydrogen-bond donors (Lipinski definition) is 1. The van der Waals surface area contributed by atoms with Crippen molar-refractivity contribution in [3.8, 4) is 0 Å². The van der Waals surface area contributed by atoms with Crippen LogP contribution < -0.4 is 5.73 Å². The zero-order chi connectivity index (χ0) is 28.3. The lowest BCUT2D eigenvalue weighted by Gasteiger charge is -2.31. The monoisotopic (exact) mass is 558 g/mol. The fourth-order valence-corrected chi connectivity index (χ4v) is 7.62. The van der Waals surface area contributed by atoms with Gasteiger partial charge in [-0.2, -0.15) is 0 Å². The number of nitrogens with zero attached hydrogens (tertiary/aromatic N) is 1. The molecule has 1 atom stereocenters. The molecule has 208 valence electrons. The lowest BCUT2D eigenvalue weighted by molar-refractivity contribution is 0.0709. The van der Waals surface area contributed by atoms with Crippen LogP contribution in [0.1, 0.15) is 58.6 Å². The number of carbonyl (C=O) groups excluding carboxylic acids is 2. The summed E-state index contributed by atoms with van der Waals surface area (Å²) in [6, 6.07) is 24.4. The normalized spacial score (nSPS) is 15.4. The zero-order valence-corrected chi connectivity index (χ0v) is 23.8. The Hall–Kier alpha value is -3.35. The maximum Gasteiger partial charge on any atom is 0.345 e. The van der Waals surface area contributed by atoms with Gasteiger partial charge < -0.3 is 19.7 Å². The first kappa shape index (κ1) is 28.2. The molecular weight excluding hydrogens is 523 g/mol. The molecule has 0 bridgehead atoms. The average Bonchev–Trinajstić information content (AvgIpc) is 2.97. The van der Waals surface area contributed by atoms with Gasteiger partial charge in [-0.1, -0.05) is 66.7 Å². The third kappa shape index (κ3) is 5.48. The lowest BCUT2D eigenvalue weighted by atomic mass is 9.92. The average molecular weight is 559 g/mol. The fraction of sp³-hybridized carbons (Fsp3) is 0.312. The highest BCUT2D eigenvalue weighted by Crippen LogP contribution is 2.63. The van der Waals surface area contributed by atoms with Gasteiger partial charge in [0.15, 0.2) is 5.78 Å². The minimum atomic E-state index is -4.02. The van der Waals surface area contributed by atoms with Gasteiger partial charge in [0.25, 0.3) is 5.91 Å². The van der Waals surface area contributed by atoms with Crippen LogP contribution in [0.5, 0.6) is 0 Å². The summed E-state index contributed by atoms with van der Waals surface area (Å²) in [6.07, 6.45) is 1.40. The first-order chi connectivity index (χ1) is 19.4. The van der Waals surface area contributed by atoms with Gasteiger partial charge in [-0.15, -0.1) is 0 Å². The molecule has 7 nitrogen and oxygen atoms in total. The number of ketones is 1. The SMILES string of the molecule is CCOP(=O)(OCC)C(C(=O)c1cc2ccccc2cc1C(=O)N1CCC(N)CC1)c1cccc2ccccc12. The summed E-state index contributed by atoms with van der Waals surface area (Å²) in [4.78, 5) is 30.5. The van der Waals surface area contributed by atoms with E-state index < -0.39 is 19.0 Å². The molecule has 0 aliphatic carbocycles. The van der Waals surface area contributed by atoms with Gasteiger partial charge in [-0.25, -0.2) is 0 Å². The number of rotatable bonds is 9. The van der Waals surface area contributed by atoms with Crippen molar-refractivity contribution in [2.75, 3.05) is 26.3 Å². The molecule has 1 saturated heterocycles. The summed E-state index contributed by atoms with van der Waals surface area (Å²) < 4.78 is 26.1. The molecule has 1 unspecified atom stereocenters. The first-order valence-electron chi connectivity index (χ1n) is 13.8. The van der Waals surface area contributed by atoms with Crippen LogP contribution in [0.2, 0.25) is 0 Å². The standard InChI is InChI=1S/C32H35N2O5P/c1-3-38-40(37,39-4-2)31(27-15-9-13-22-10-7-8-14-26(22)27)30(35)28-20-23-11-5-6-12-24(23)21-29(28)32(36)34-18-16-25(33)17-19-34/h5-15,20-21,25,31H,3-4,16-19,33H2,1-2H3. The number of Topliss-reactive ketones (excluding diaryl/α,β-unsaturated/α-hetero) is 1. The molecule has 0 saturated carbocycles. The van der Waals surface area contributed by atoms with E-state index in [4.69, 9.17) is 14.8 Å². The largest absolute Gasteiger partial charge is 0.345 e. The molecule has 1 heterocycles. The number of piperidine rings is 1. The molecular formula is C32H35N2O5P. The number of carbonyl (C=O) groups is 2. The van der Waals surface area contributed by atoms with E-state index in [0.29, 0.717) is 31.5 Å². The summed E-state index contributed by atoms with van der Waals surface area (Å²) in [5.74, 6) is -0.704. The van der Waals surface area contributed by atoms with Crippen LogP contribution in [0, 0.1) is 0 Å². The van der Waals surface area contributed by atoms with E-state index in [1.165, 1.54) is 0 Å². The fourth-order valence-electron chi connectivity index (χ4n) is 5.53. The Morgan fingerprint density at radius 1 is 0.850 bits per heavy atom. The maximum absolute atomic E-state index is 14.8. The van der Waals surface area contributed by atoms with Gasteiger partial charge in [-0.05, 0) is 65.9 Å². The second kappa shape index (κ2) is 12.0. The summed E-state index contributed by atoms with van der Waals surface area (Å²) in [5.41, 5.74) is 5.86. The van der Waals surface area contributed by atoms with Crippen LogP contribution in [0.25, 0.3) is 21.5 Å². The predicted molar refractivity (Wildman–Crippen MR) is 159 cm³/mol. The second-order valence-corrected chi connectivity index (χ2v) is 12.2. The van der Waals surface area contributed by atoms with Crippen molar-refractivity contribution in [3.63, 3.8) is 0 Å². The molecule has 4 aromatic carbocycles. The molecule has 1 aliphatic rings. The molecule has 2 N–H and O–H groups in total. The van der Waals surface area contributed by atoms with Gasteiger partial charge in [0, 0.05) is 24.7 Å². The van der Waals surface area contributed by atoms with Gasteiger partial charge in [0.05, 0.1) is 18.8 Å². The summed E-state index contributed by atoms with van der Waals surface area (Å²) >= 11 is 0. The van der Waals surface area contributed by atoms with Crippen molar-refractivity contribution in [1.29, 1.82) is 0 Å². The Balaban J connectivity index is 1.72. The van der Waals surface area contributed by atoms with E-state index in [2.05, 4.69) is 0 Å². The highest BCUT2D eigenvalue weighted by atomic mass is 31.2. The highest BCUT2D eigenvalue weighted by Gasteiger charge is 2.44. The van der Waals surface area contributed by atoms with E-state index >= 15 is 0 Å². The smallest absolute Gasteiger partial charge is 0.339 e. The van der Waals surface area contributed by atoms with Crippen LogP contribution in [0.4, 0.5) is 0 Å². The molecule has 40 heavy (non-hydrogen) atoms. The molecule has 1 amide bonds. The van der Waals surface area contributed by atoms with Crippen LogP contribution >= 0.6 is 7.60 Å². The molecule has 0 spiro atoms. The molecule has 0 radical (unpaired) electrons. The van der Waals surface area contributed by atoms with Crippen molar-refractivity contribution in [1.82, 2.24) is 4.90 Å². The molecule has 8 heteroatoms. The van der Waals surface area contributed by atoms with Crippen LogP contribution in [0.3, 0.4) is 0 Å². The molecule has 0 aromatic heterocycles. The Morgan fingerprint density at radius 2 is 1.40 bits per heavy atom. The predicted octanol–water partition coefficient (Wildman–Crippen LogP) is 6.75. The minimum absolute atomic E-state index is 0.0563. The Morgan fingerprint density at radius 3 is 2.02 bits per heavy atom. The number of amides is 1. The van der Waals surface area contributed by atoms with E-state index in [1.807, 2.05) is 60.7 Å². The summed E-state index contributed by atoms with van der Waals surface area (Å²) in [5, 5.41) is 3.33. The Kier molecular flexibility index (Phi) is 8.48. The first-order valence-corrected chi connectivity index (χ1v) is 15.5. The van der Waals surface area contributed by atoms with Crippen molar-refractivity contribution < 1.29 is 23.2 Å². The topological polar surface area (TPSA) is 98.9 Å². The third-order valence-corrected chi connectivity index (χ3v) is 9.89. The third-order valence-electron chi connectivity index (χ3n) is 7.51. The van der Waals surface area contributed by atoms with Crippen LogP contribution in [0.15, 0.2) is 78.9 Å². The summed E-state index contributed by atoms with van der Waals surface area (Å²) in [7, 11) is -4.02. The number of nitrogens with two attached hydrogens (primary N) is 1. The Bertz CT molecular complexity index is 1580. The van der Waals surface area contributed by atoms with Gasteiger partial charge in [0.2, 0.25) is 0 Å².